The van der Waals surface area contributed by atoms with Gasteiger partial charge in [-0.3, -0.25) is 0 Å². The lowest BCUT2D eigenvalue weighted by Gasteiger charge is -2.12. The summed E-state index contributed by atoms with van der Waals surface area (Å²) in [6.45, 7) is 0. The second-order valence-corrected chi connectivity index (χ2v) is 3.70. The Morgan fingerprint density at radius 3 is 2.42 bits per heavy atom. The van der Waals surface area contributed by atoms with Crippen LogP contribution in [0.15, 0.2) is 11.1 Å². The molecule has 2 atom stereocenters. The van der Waals surface area contributed by atoms with Crippen molar-refractivity contribution in [2.75, 3.05) is 0 Å². The van der Waals surface area contributed by atoms with Crippen LogP contribution in [-0.4, -0.2) is 0 Å². The summed E-state index contributed by atoms with van der Waals surface area (Å²) in [5.41, 5.74) is 1.54. The average Bonchev–Trinajstić information content (AvgIpc) is 2.67. The predicted molar refractivity (Wildman–Crippen MR) is 43.7 cm³/mol. The Bertz CT molecular complexity index is 298. The maximum atomic E-state index is 8.68. The summed E-state index contributed by atoms with van der Waals surface area (Å²) in [5, 5.41) is 17.4. The molecule has 0 N–H and O–H groups in total. The van der Waals surface area contributed by atoms with Crippen LogP contribution < -0.4 is 0 Å². The molecule has 2 heteroatoms. The minimum Gasteiger partial charge on any atom is -0.192 e. The highest BCUT2D eigenvalue weighted by atomic mass is 14.4. The number of fused-ring (bicyclic) bond motifs is 2. The fraction of sp³-hybridized carbons (Fsp3) is 0.600. The summed E-state index contributed by atoms with van der Waals surface area (Å²) in [7, 11) is 0. The third kappa shape index (κ3) is 0.924. The van der Waals surface area contributed by atoms with E-state index in [0.717, 1.165) is 17.9 Å². The van der Waals surface area contributed by atoms with Gasteiger partial charge in [0.2, 0.25) is 0 Å². The third-order valence-corrected chi connectivity index (χ3v) is 3.09. The summed E-state index contributed by atoms with van der Waals surface area (Å²) < 4.78 is 0. The minimum absolute atomic E-state index is 0.391. The van der Waals surface area contributed by atoms with E-state index in [9.17, 15) is 0 Å². The zero-order valence-electron chi connectivity index (χ0n) is 6.88. The molecule has 0 aromatic rings. The van der Waals surface area contributed by atoms with Gasteiger partial charge in [0, 0.05) is 0 Å². The van der Waals surface area contributed by atoms with Crippen LogP contribution in [0.5, 0.6) is 0 Å². The zero-order chi connectivity index (χ0) is 8.55. The summed E-state index contributed by atoms with van der Waals surface area (Å²) in [6.07, 6.45) is 4.74. The maximum absolute atomic E-state index is 8.68. The topological polar surface area (TPSA) is 47.6 Å². The first-order chi connectivity index (χ1) is 5.85. The molecule has 0 radical (unpaired) electrons. The van der Waals surface area contributed by atoms with E-state index in [0.29, 0.717) is 11.5 Å². The van der Waals surface area contributed by atoms with Gasteiger partial charge < -0.3 is 0 Å². The van der Waals surface area contributed by atoms with Gasteiger partial charge in [-0.1, -0.05) is 0 Å². The summed E-state index contributed by atoms with van der Waals surface area (Å²) in [5.74, 6) is 1.35. The Morgan fingerprint density at radius 1 is 1.25 bits per heavy atom. The van der Waals surface area contributed by atoms with Gasteiger partial charge in [-0.15, -0.1) is 0 Å². The van der Waals surface area contributed by atoms with Crippen LogP contribution in [0, 0.1) is 34.5 Å². The Hall–Kier alpha value is -1.28. The molecule has 2 rings (SSSR count). The SMILES string of the molecule is N#CC(C#N)=C1C[C@@H]2CC[C@H]1C2. The molecule has 0 aromatic carbocycles. The first kappa shape index (κ1) is 7.37. The van der Waals surface area contributed by atoms with Crippen LogP contribution in [0.2, 0.25) is 0 Å². The van der Waals surface area contributed by atoms with Crippen molar-refractivity contribution < 1.29 is 0 Å². The highest BCUT2D eigenvalue weighted by Crippen LogP contribution is 2.48. The van der Waals surface area contributed by atoms with Gasteiger partial charge in [0.15, 0.2) is 0 Å². The van der Waals surface area contributed by atoms with Gasteiger partial charge in [0.1, 0.15) is 17.7 Å². The standard InChI is InChI=1S/C10H10N2/c11-5-9(6-12)10-4-7-1-2-8(10)3-7/h7-8H,1-4H2/t7-,8+/m1/s1. The van der Waals surface area contributed by atoms with E-state index >= 15 is 0 Å². The molecule has 2 nitrogen and oxygen atoms in total. The second kappa shape index (κ2) is 2.64. The van der Waals surface area contributed by atoms with E-state index < -0.39 is 0 Å². The lowest BCUT2D eigenvalue weighted by Crippen LogP contribution is -2.00. The molecule has 2 fully saturated rings. The van der Waals surface area contributed by atoms with Crippen LogP contribution in [0.1, 0.15) is 25.7 Å². The number of nitriles is 2. The van der Waals surface area contributed by atoms with Crippen LogP contribution in [-0.2, 0) is 0 Å². The van der Waals surface area contributed by atoms with E-state index in [1.165, 1.54) is 19.3 Å². The average molecular weight is 158 g/mol. The Morgan fingerprint density at radius 2 is 2.00 bits per heavy atom. The molecule has 2 aliphatic carbocycles. The van der Waals surface area contributed by atoms with Crippen molar-refractivity contribution in [3.05, 3.63) is 11.1 Å². The van der Waals surface area contributed by atoms with E-state index in [1.807, 2.05) is 12.1 Å². The normalized spacial score (nSPS) is 31.3. The number of rotatable bonds is 0. The number of nitrogens with zero attached hydrogens (tertiary/aromatic N) is 2. The molecule has 60 valence electrons. The van der Waals surface area contributed by atoms with Crippen molar-refractivity contribution in [1.29, 1.82) is 10.5 Å². The van der Waals surface area contributed by atoms with Crippen molar-refractivity contribution in [3.8, 4) is 12.1 Å². The van der Waals surface area contributed by atoms with Crippen molar-refractivity contribution in [3.63, 3.8) is 0 Å². The maximum Gasteiger partial charge on any atom is 0.129 e. The Kier molecular flexibility index (Phi) is 1.62. The van der Waals surface area contributed by atoms with Crippen LogP contribution >= 0.6 is 0 Å². The van der Waals surface area contributed by atoms with Crippen LogP contribution in [0.4, 0.5) is 0 Å². The molecular formula is C10H10N2. The number of hydrogen-bond donors (Lipinski definition) is 0. The lowest BCUT2D eigenvalue weighted by molar-refractivity contribution is 0.559. The van der Waals surface area contributed by atoms with Crippen LogP contribution in [0.3, 0.4) is 0 Å². The molecule has 0 spiro atoms. The van der Waals surface area contributed by atoms with E-state index in [-0.39, 0.29) is 0 Å². The molecule has 0 amide bonds. The molecule has 0 aliphatic heterocycles. The molecule has 0 aromatic heterocycles. The third-order valence-electron chi connectivity index (χ3n) is 3.09. The molecule has 2 bridgehead atoms. The summed E-state index contributed by atoms with van der Waals surface area (Å²) in [4.78, 5) is 0. The fourth-order valence-corrected chi connectivity index (χ4v) is 2.53. The number of hydrogen-bond acceptors (Lipinski definition) is 2. The summed E-state index contributed by atoms with van der Waals surface area (Å²) >= 11 is 0. The Labute approximate surface area is 72.1 Å². The van der Waals surface area contributed by atoms with E-state index in [1.54, 1.807) is 0 Å². The fourth-order valence-electron chi connectivity index (χ4n) is 2.53. The molecule has 2 aliphatic rings. The molecule has 12 heavy (non-hydrogen) atoms. The first-order valence-corrected chi connectivity index (χ1v) is 4.38. The molecule has 0 unspecified atom stereocenters. The van der Waals surface area contributed by atoms with E-state index in [2.05, 4.69) is 0 Å². The van der Waals surface area contributed by atoms with Gasteiger partial charge in [0.25, 0.3) is 0 Å². The van der Waals surface area contributed by atoms with Gasteiger partial charge in [-0.25, -0.2) is 0 Å². The van der Waals surface area contributed by atoms with Gasteiger partial charge in [0.05, 0.1) is 0 Å². The van der Waals surface area contributed by atoms with Crippen molar-refractivity contribution in [2.24, 2.45) is 11.8 Å². The highest BCUT2D eigenvalue weighted by Gasteiger charge is 2.37. The van der Waals surface area contributed by atoms with Gasteiger partial charge >= 0.3 is 0 Å². The predicted octanol–water partition coefficient (Wildman–Crippen LogP) is 2.15. The smallest absolute Gasteiger partial charge is 0.129 e. The number of allylic oxidation sites excluding steroid dienone is 2. The molecular weight excluding hydrogens is 148 g/mol. The first-order valence-electron chi connectivity index (χ1n) is 4.38. The molecule has 0 heterocycles. The molecule has 0 saturated heterocycles. The Balaban J connectivity index is 2.33. The van der Waals surface area contributed by atoms with Gasteiger partial charge in [-0.05, 0) is 43.1 Å². The molecule has 2 saturated carbocycles. The quantitative estimate of drug-likeness (QED) is 0.507. The summed E-state index contributed by atoms with van der Waals surface area (Å²) in [6, 6.07) is 3.99. The van der Waals surface area contributed by atoms with Gasteiger partial charge in [-0.2, -0.15) is 10.5 Å². The largest absolute Gasteiger partial charge is 0.192 e. The highest BCUT2D eigenvalue weighted by molar-refractivity contribution is 5.43. The second-order valence-electron chi connectivity index (χ2n) is 3.70. The van der Waals surface area contributed by atoms with Crippen molar-refractivity contribution in [2.45, 2.75) is 25.7 Å². The monoisotopic (exact) mass is 158 g/mol. The zero-order valence-corrected chi connectivity index (χ0v) is 6.88. The minimum atomic E-state index is 0.391. The van der Waals surface area contributed by atoms with Crippen molar-refractivity contribution in [1.82, 2.24) is 0 Å². The van der Waals surface area contributed by atoms with Crippen LogP contribution in [0.25, 0.3) is 0 Å². The lowest BCUT2D eigenvalue weighted by atomic mass is 9.91. The van der Waals surface area contributed by atoms with Crippen molar-refractivity contribution >= 4 is 0 Å². The van der Waals surface area contributed by atoms with E-state index in [4.69, 9.17) is 10.5 Å².